The van der Waals surface area contributed by atoms with Crippen LogP contribution in [-0.2, 0) is 0 Å². The number of thiophene rings is 1. The fourth-order valence-corrected chi connectivity index (χ4v) is 3.77. The second-order valence-electron chi connectivity index (χ2n) is 5.76. The molecule has 0 bridgehead atoms. The summed E-state index contributed by atoms with van der Waals surface area (Å²) < 4.78 is 5.70. The maximum atomic E-state index is 13.0. The van der Waals surface area contributed by atoms with E-state index in [2.05, 4.69) is 0 Å². The highest BCUT2D eigenvalue weighted by atomic mass is 32.1. The number of benzene rings is 1. The molecular weight excluding hydrogens is 328 g/mol. The minimum absolute atomic E-state index is 0.331. The lowest BCUT2D eigenvalue weighted by molar-refractivity contribution is -0.561. The van der Waals surface area contributed by atoms with E-state index in [1.54, 1.807) is 37.3 Å². The van der Waals surface area contributed by atoms with Crippen LogP contribution in [0, 0.1) is 5.21 Å². The van der Waals surface area contributed by atoms with E-state index in [4.69, 9.17) is 4.74 Å². The Morgan fingerprint density at radius 1 is 1.38 bits per heavy atom. The summed E-state index contributed by atoms with van der Waals surface area (Å²) in [6, 6.07) is 9.51. The number of carbonyl (C=O) groups is 1. The Labute approximate surface area is 143 Å². The molecule has 1 aliphatic heterocycles. The van der Waals surface area contributed by atoms with Crippen LogP contribution in [0.15, 0.2) is 41.8 Å². The van der Waals surface area contributed by atoms with Gasteiger partial charge in [0.05, 0.1) is 12.0 Å². The van der Waals surface area contributed by atoms with Crippen molar-refractivity contribution < 1.29 is 19.5 Å². The Hall–Kier alpha value is -2.22. The molecule has 0 spiro atoms. The molecule has 0 saturated heterocycles. The summed E-state index contributed by atoms with van der Waals surface area (Å²) in [5.74, 6) is 0.142. The van der Waals surface area contributed by atoms with Crippen LogP contribution in [0.25, 0.3) is 0 Å². The Balaban J connectivity index is 2.05. The number of hydrogen-bond acceptors (Lipinski definition) is 6. The largest absolute Gasteiger partial charge is 0.622 e. The van der Waals surface area contributed by atoms with Crippen LogP contribution >= 0.6 is 11.3 Å². The smallest absolute Gasteiger partial charge is 0.312 e. The van der Waals surface area contributed by atoms with Crippen LogP contribution in [0.3, 0.4) is 0 Å². The summed E-state index contributed by atoms with van der Waals surface area (Å²) in [6.07, 6.45) is 0. The molecule has 7 heteroatoms. The van der Waals surface area contributed by atoms with Gasteiger partial charge in [-0.2, -0.15) is 4.74 Å². The van der Waals surface area contributed by atoms with Crippen LogP contribution < -0.4 is 4.74 Å². The molecule has 0 saturated carbocycles. The normalized spacial score (nSPS) is 24.4. The minimum atomic E-state index is -1.71. The lowest BCUT2D eigenvalue weighted by Crippen LogP contribution is -2.54. The highest BCUT2D eigenvalue weighted by Gasteiger charge is 2.58. The third-order valence-electron chi connectivity index (χ3n) is 4.38. The average Bonchev–Trinajstić information content (AvgIpc) is 3.18. The first-order valence-electron chi connectivity index (χ1n) is 7.46. The monoisotopic (exact) mass is 346 g/mol. The van der Waals surface area contributed by atoms with Gasteiger partial charge in [0.25, 0.3) is 5.78 Å². The number of nitrogens with zero attached hydrogens (tertiary/aromatic N) is 2. The second kappa shape index (κ2) is 6.01. The Kier molecular flexibility index (Phi) is 4.16. The second-order valence-corrected chi connectivity index (χ2v) is 6.70. The maximum absolute atomic E-state index is 13.0. The highest BCUT2D eigenvalue weighted by Crippen LogP contribution is 2.32. The van der Waals surface area contributed by atoms with E-state index in [9.17, 15) is 15.2 Å². The van der Waals surface area contributed by atoms with E-state index in [-0.39, 0.29) is 0 Å². The van der Waals surface area contributed by atoms with Crippen LogP contribution in [0.1, 0.15) is 29.1 Å². The molecule has 0 fully saturated rings. The Morgan fingerprint density at radius 2 is 2.04 bits per heavy atom. The van der Waals surface area contributed by atoms with Gasteiger partial charge >= 0.3 is 5.66 Å². The van der Waals surface area contributed by atoms with E-state index < -0.39 is 17.5 Å². The van der Waals surface area contributed by atoms with Crippen LogP contribution in [-0.4, -0.2) is 45.3 Å². The molecule has 2 heterocycles. The summed E-state index contributed by atoms with van der Waals surface area (Å²) in [4.78, 5) is 13.7. The van der Waals surface area contributed by atoms with Gasteiger partial charge in [-0.1, -0.05) is 6.07 Å². The van der Waals surface area contributed by atoms with Crippen molar-refractivity contribution in [3.63, 3.8) is 0 Å². The highest BCUT2D eigenvalue weighted by molar-refractivity contribution is 7.12. The lowest BCUT2D eigenvalue weighted by atomic mass is 9.99. The molecule has 24 heavy (non-hydrogen) atoms. The number of Topliss-reactive ketones (excluding diaryl/α,β-unsaturated/α-hetero) is 1. The molecule has 0 amide bonds. The van der Waals surface area contributed by atoms with Crippen molar-refractivity contribution in [1.29, 1.82) is 0 Å². The minimum Gasteiger partial charge on any atom is -0.622 e. The maximum Gasteiger partial charge on any atom is 0.312 e. The predicted octanol–water partition coefficient (Wildman–Crippen LogP) is 2.75. The van der Waals surface area contributed by atoms with Gasteiger partial charge in [0.2, 0.25) is 5.71 Å². The van der Waals surface area contributed by atoms with Gasteiger partial charge in [0.15, 0.2) is 0 Å². The van der Waals surface area contributed by atoms with E-state index in [1.807, 2.05) is 11.4 Å². The number of ketones is 1. The summed E-state index contributed by atoms with van der Waals surface area (Å²) in [5.41, 5.74) is -0.998. The zero-order valence-corrected chi connectivity index (χ0v) is 14.4. The average molecular weight is 346 g/mol. The summed E-state index contributed by atoms with van der Waals surface area (Å²) in [5, 5.41) is 26.1. The molecule has 6 nitrogen and oxygen atoms in total. The number of methoxy groups -OCH3 is 1. The van der Waals surface area contributed by atoms with Gasteiger partial charge in [0, 0.05) is 12.5 Å². The molecule has 1 aliphatic rings. The predicted molar refractivity (Wildman–Crippen MR) is 90.9 cm³/mol. The summed E-state index contributed by atoms with van der Waals surface area (Å²) in [7, 11) is 1.54. The van der Waals surface area contributed by atoms with Crippen molar-refractivity contribution in [2.75, 3.05) is 7.11 Å². The third-order valence-corrected chi connectivity index (χ3v) is 5.27. The van der Waals surface area contributed by atoms with Gasteiger partial charge in [-0.05, 0) is 42.6 Å². The van der Waals surface area contributed by atoms with Gasteiger partial charge in [0.1, 0.15) is 11.8 Å². The van der Waals surface area contributed by atoms with Crippen LogP contribution in [0.2, 0.25) is 0 Å². The lowest BCUT2D eigenvalue weighted by Gasteiger charge is -2.27. The number of hydrogen-bond donors (Lipinski definition) is 1. The molecule has 1 aromatic carbocycles. The van der Waals surface area contributed by atoms with Crippen LogP contribution in [0.5, 0.6) is 5.75 Å². The molecule has 2 aromatic rings. The van der Waals surface area contributed by atoms with Crippen molar-refractivity contribution in [2.24, 2.45) is 0 Å². The zero-order chi connectivity index (χ0) is 17.5. The molecule has 0 radical (unpaired) electrons. The fraction of sp³-hybridized carbons (Fsp3) is 0.294. The van der Waals surface area contributed by atoms with Crippen molar-refractivity contribution in [1.82, 2.24) is 5.06 Å². The van der Waals surface area contributed by atoms with E-state index in [0.29, 0.717) is 21.8 Å². The van der Waals surface area contributed by atoms with E-state index in [0.717, 1.165) is 9.94 Å². The molecular formula is C17H18N2O4S. The number of carbonyl (C=O) groups excluding carboxylic acids is 1. The Bertz CT molecular complexity index is 785. The van der Waals surface area contributed by atoms with Crippen LogP contribution in [0.4, 0.5) is 0 Å². The van der Waals surface area contributed by atoms with Crippen molar-refractivity contribution in [3.8, 4) is 5.75 Å². The summed E-state index contributed by atoms with van der Waals surface area (Å²) >= 11 is 1.40. The zero-order valence-electron chi connectivity index (χ0n) is 13.6. The number of rotatable bonds is 4. The molecule has 0 aliphatic carbocycles. The Morgan fingerprint density at radius 3 is 2.58 bits per heavy atom. The van der Waals surface area contributed by atoms with Crippen molar-refractivity contribution >= 4 is 22.8 Å². The quantitative estimate of drug-likeness (QED) is 0.523. The molecule has 1 N–H and O–H groups in total. The number of ether oxygens (including phenoxy) is 1. The SMILES string of the molecule is COc1ccc(C(=O)[C@]2(C)N(O)[C@H](C)C(c3cccs3)=[N+]2[O-])cc1. The van der Waals surface area contributed by atoms with Crippen molar-refractivity contribution in [3.05, 3.63) is 57.4 Å². The van der Waals surface area contributed by atoms with E-state index in [1.165, 1.54) is 25.4 Å². The molecule has 1 aromatic heterocycles. The topological polar surface area (TPSA) is 75.8 Å². The third kappa shape index (κ3) is 2.32. The number of hydroxylamine groups is 3. The molecule has 2 atom stereocenters. The van der Waals surface area contributed by atoms with Gasteiger partial charge in [-0.25, -0.2) is 0 Å². The van der Waals surface area contributed by atoms with Gasteiger partial charge in [-0.15, -0.1) is 16.4 Å². The molecule has 0 unspecified atom stereocenters. The van der Waals surface area contributed by atoms with E-state index >= 15 is 0 Å². The van der Waals surface area contributed by atoms with Gasteiger partial charge < -0.3 is 15.2 Å². The fourth-order valence-electron chi connectivity index (χ4n) is 2.93. The first-order valence-corrected chi connectivity index (χ1v) is 8.34. The standard InChI is InChI=1S/C17H18N2O4S/c1-11-15(14-5-4-10-24-14)19(22)17(2,18(11)21)16(20)12-6-8-13(23-3)9-7-12/h4-11,21H,1-3H3/t11-,17-/m1/s1. The first kappa shape index (κ1) is 16.6. The molecule has 126 valence electrons. The van der Waals surface area contributed by atoms with Gasteiger partial charge in [-0.3, -0.25) is 4.79 Å². The first-order chi connectivity index (χ1) is 11.4. The van der Waals surface area contributed by atoms with Crippen molar-refractivity contribution in [2.45, 2.75) is 25.6 Å². The molecule has 3 rings (SSSR count). The summed E-state index contributed by atoms with van der Waals surface area (Å²) in [6.45, 7) is 3.14.